The van der Waals surface area contributed by atoms with Crippen molar-refractivity contribution in [2.24, 2.45) is 20.0 Å². The summed E-state index contributed by atoms with van der Waals surface area (Å²) in [6.07, 6.45) is 0. The molecule has 3 aromatic rings. The molecule has 1 aliphatic heterocycles. The second kappa shape index (κ2) is 8.80. The molecule has 4 rings (SSSR count). The molecule has 31 heavy (non-hydrogen) atoms. The molecule has 166 valence electrons. The van der Waals surface area contributed by atoms with Crippen LogP contribution in [0.25, 0.3) is 11.2 Å². The molecule has 0 bridgehead atoms. The predicted molar refractivity (Wildman–Crippen MR) is 122 cm³/mol. The number of nitrogens with zero attached hydrogens (tertiary/aromatic N) is 6. The number of fused-ring (bicyclic) bond motifs is 1. The SMILES string of the molecule is CC(C)Cn1c(CN2CCN(Cc3ccccc3)CC2)nc2c1c(=O)n(C)c(=O)n2C. The van der Waals surface area contributed by atoms with E-state index in [1.807, 2.05) is 10.6 Å². The molecule has 0 saturated carbocycles. The van der Waals surface area contributed by atoms with Crippen LogP contribution in [0.4, 0.5) is 0 Å². The third-order valence-corrected chi connectivity index (χ3v) is 6.05. The molecule has 8 nitrogen and oxygen atoms in total. The summed E-state index contributed by atoms with van der Waals surface area (Å²) in [4.78, 5) is 34.9. The van der Waals surface area contributed by atoms with Gasteiger partial charge >= 0.3 is 5.69 Å². The van der Waals surface area contributed by atoms with E-state index < -0.39 is 0 Å². The summed E-state index contributed by atoms with van der Waals surface area (Å²) in [6, 6.07) is 10.6. The van der Waals surface area contributed by atoms with E-state index in [0.717, 1.165) is 38.5 Å². The average Bonchev–Trinajstić information content (AvgIpc) is 3.10. The summed E-state index contributed by atoms with van der Waals surface area (Å²) in [5, 5.41) is 0. The van der Waals surface area contributed by atoms with Crippen molar-refractivity contribution in [2.45, 2.75) is 33.5 Å². The number of benzene rings is 1. The number of rotatable bonds is 6. The Hall–Kier alpha value is -2.71. The van der Waals surface area contributed by atoms with Crippen molar-refractivity contribution >= 4 is 11.2 Å². The lowest BCUT2D eigenvalue weighted by atomic mass is 10.2. The van der Waals surface area contributed by atoms with Gasteiger partial charge in [0.15, 0.2) is 11.2 Å². The van der Waals surface area contributed by atoms with Crippen molar-refractivity contribution in [1.29, 1.82) is 0 Å². The van der Waals surface area contributed by atoms with Gasteiger partial charge in [0.2, 0.25) is 0 Å². The monoisotopic (exact) mass is 424 g/mol. The third-order valence-electron chi connectivity index (χ3n) is 6.05. The summed E-state index contributed by atoms with van der Waals surface area (Å²) in [7, 11) is 3.21. The number of hydrogen-bond acceptors (Lipinski definition) is 5. The highest BCUT2D eigenvalue weighted by molar-refractivity contribution is 5.71. The number of hydrogen-bond donors (Lipinski definition) is 0. The molecule has 1 aliphatic rings. The maximum atomic E-state index is 12.9. The molecule has 1 saturated heterocycles. The average molecular weight is 425 g/mol. The standard InChI is InChI=1S/C23H32N6O2/c1-17(2)14-29-19(24-21-20(29)22(30)26(4)23(31)25(21)3)16-28-12-10-27(11-13-28)15-18-8-6-5-7-9-18/h5-9,17H,10-16H2,1-4H3. The molecule has 0 unspecified atom stereocenters. The first kappa shape index (κ1) is 21.5. The van der Waals surface area contributed by atoms with Crippen LogP contribution < -0.4 is 11.2 Å². The van der Waals surface area contributed by atoms with Crippen LogP contribution in [0.3, 0.4) is 0 Å². The van der Waals surface area contributed by atoms with Crippen LogP contribution in [0, 0.1) is 5.92 Å². The molecule has 3 heterocycles. The van der Waals surface area contributed by atoms with Gasteiger partial charge in [-0.25, -0.2) is 9.78 Å². The maximum Gasteiger partial charge on any atom is 0.332 e. The molecule has 0 spiro atoms. The Morgan fingerprint density at radius 3 is 2.13 bits per heavy atom. The molecule has 0 radical (unpaired) electrons. The molecular formula is C23H32N6O2. The predicted octanol–water partition coefficient (Wildman–Crippen LogP) is 1.41. The zero-order valence-corrected chi connectivity index (χ0v) is 18.9. The van der Waals surface area contributed by atoms with Crippen LogP contribution in [0.1, 0.15) is 25.2 Å². The van der Waals surface area contributed by atoms with Crippen LogP contribution in [0.2, 0.25) is 0 Å². The van der Waals surface area contributed by atoms with E-state index in [4.69, 9.17) is 4.98 Å². The second-order valence-corrected chi connectivity index (χ2v) is 8.95. The van der Waals surface area contributed by atoms with Gasteiger partial charge in [0, 0.05) is 53.4 Å². The Balaban J connectivity index is 1.56. The lowest BCUT2D eigenvalue weighted by Gasteiger charge is -2.34. The van der Waals surface area contributed by atoms with Gasteiger partial charge in [-0.3, -0.25) is 23.7 Å². The van der Waals surface area contributed by atoms with E-state index >= 15 is 0 Å². The molecule has 1 fully saturated rings. The Labute approximate surface area is 182 Å². The maximum absolute atomic E-state index is 12.9. The highest BCUT2D eigenvalue weighted by Gasteiger charge is 2.23. The van der Waals surface area contributed by atoms with Crippen LogP contribution in [-0.2, 0) is 33.7 Å². The molecular weight excluding hydrogens is 392 g/mol. The van der Waals surface area contributed by atoms with Crippen molar-refractivity contribution < 1.29 is 0 Å². The Bertz CT molecular complexity index is 1170. The lowest BCUT2D eigenvalue weighted by molar-refractivity contribution is 0.119. The van der Waals surface area contributed by atoms with Crippen LogP contribution in [0.15, 0.2) is 39.9 Å². The van der Waals surface area contributed by atoms with Gasteiger partial charge in [-0.2, -0.15) is 0 Å². The second-order valence-electron chi connectivity index (χ2n) is 8.95. The summed E-state index contributed by atoms with van der Waals surface area (Å²) in [6.45, 7) is 10.5. The van der Waals surface area contributed by atoms with E-state index in [0.29, 0.717) is 30.2 Å². The lowest BCUT2D eigenvalue weighted by Crippen LogP contribution is -2.45. The zero-order valence-electron chi connectivity index (χ0n) is 18.9. The van der Waals surface area contributed by atoms with Gasteiger partial charge in [-0.15, -0.1) is 0 Å². The third kappa shape index (κ3) is 4.36. The molecule has 0 aliphatic carbocycles. The van der Waals surface area contributed by atoms with Crippen molar-refractivity contribution in [3.05, 3.63) is 62.6 Å². The first-order chi connectivity index (χ1) is 14.8. The largest absolute Gasteiger partial charge is 0.332 e. The van der Waals surface area contributed by atoms with Crippen LogP contribution in [-0.4, -0.2) is 54.7 Å². The summed E-state index contributed by atoms with van der Waals surface area (Å²) >= 11 is 0. The number of piperazine rings is 1. The Kier molecular flexibility index (Phi) is 6.11. The van der Waals surface area contributed by atoms with E-state index in [1.165, 1.54) is 21.7 Å². The fraction of sp³-hybridized carbons (Fsp3) is 0.522. The normalized spacial score (nSPS) is 15.9. The number of aromatic nitrogens is 4. The molecule has 0 atom stereocenters. The van der Waals surface area contributed by atoms with E-state index in [9.17, 15) is 9.59 Å². The van der Waals surface area contributed by atoms with E-state index in [-0.39, 0.29) is 11.2 Å². The quantitative estimate of drug-likeness (QED) is 0.599. The first-order valence-electron chi connectivity index (χ1n) is 11.0. The first-order valence-corrected chi connectivity index (χ1v) is 11.0. The van der Waals surface area contributed by atoms with Gasteiger partial charge in [-0.1, -0.05) is 44.2 Å². The van der Waals surface area contributed by atoms with Gasteiger partial charge in [0.05, 0.1) is 6.54 Å². The van der Waals surface area contributed by atoms with Gasteiger partial charge in [0.25, 0.3) is 5.56 Å². The molecule has 2 aromatic heterocycles. The summed E-state index contributed by atoms with van der Waals surface area (Å²) in [5.74, 6) is 1.22. The topological polar surface area (TPSA) is 68.3 Å². The van der Waals surface area contributed by atoms with Gasteiger partial charge in [0.1, 0.15) is 5.82 Å². The smallest absolute Gasteiger partial charge is 0.321 e. The Morgan fingerprint density at radius 2 is 1.52 bits per heavy atom. The molecule has 8 heteroatoms. The zero-order chi connectivity index (χ0) is 22.1. The molecule has 0 N–H and O–H groups in total. The van der Waals surface area contributed by atoms with Gasteiger partial charge < -0.3 is 4.57 Å². The van der Waals surface area contributed by atoms with E-state index in [1.54, 1.807) is 7.05 Å². The Morgan fingerprint density at radius 1 is 0.903 bits per heavy atom. The van der Waals surface area contributed by atoms with Crippen LogP contribution in [0.5, 0.6) is 0 Å². The fourth-order valence-electron chi connectivity index (χ4n) is 4.32. The minimum Gasteiger partial charge on any atom is -0.321 e. The van der Waals surface area contributed by atoms with E-state index in [2.05, 4.69) is 47.9 Å². The van der Waals surface area contributed by atoms with Crippen molar-refractivity contribution in [3.8, 4) is 0 Å². The number of aryl methyl sites for hydroxylation is 1. The van der Waals surface area contributed by atoms with Crippen molar-refractivity contribution in [1.82, 2.24) is 28.5 Å². The highest BCUT2D eigenvalue weighted by atomic mass is 16.2. The molecule has 1 aromatic carbocycles. The van der Waals surface area contributed by atoms with Crippen molar-refractivity contribution in [3.63, 3.8) is 0 Å². The minimum absolute atomic E-state index is 0.273. The minimum atomic E-state index is -0.340. The molecule has 0 amide bonds. The number of imidazole rings is 1. The van der Waals surface area contributed by atoms with Crippen molar-refractivity contribution in [2.75, 3.05) is 26.2 Å². The summed E-state index contributed by atoms with van der Waals surface area (Å²) < 4.78 is 4.68. The summed E-state index contributed by atoms with van der Waals surface area (Å²) in [5.41, 5.74) is 1.73. The highest BCUT2D eigenvalue weighted by Crippen LogP contribution is 2.17. The fourth-order valence-corrected chi connectivity index (χ4v) is 4.32. The van der Waals surface area contributed by atoms with Gasteiger partial charge in [-0.05, 0) is 11.5 Å². The van der Waals surface area contributed by atoms with Crippen LogP contribution >= 0.6 is 0 Å².